The maximum absolute atomic E-state index is 12.7. The van der Waals surface area contributed by atoms with Gasteiger partial charge in [0.15, 0.2) is 0 Å². The van der Waals surface area contributed by atoms with Crippen LogP contribution >= 0.6 is 0 Å². The quantitative estimate of drug-likeness (QED) is 0.390. The largest absolute Gasteiger partial charge is 0.457 e. The van der Waals surface area contributed by atoms with E-state index in [4.69, 9.17) is 4.74 Å². The molecule has 3 aromatic rings. The highest BCUT2D eigenvalue weighted by Crippen LogP contribution is 2.14. The lowest BCUT2D eigenvalue weighted by atomic mass is 10.1. The maximum atomic E-state index is 12.7. The number of carbonyl (C=O) groups is 1. The molecule has 2 aromatic heterocycles. The van der Waals surface area contributed by atoms with Gasteiger partial charge in [-0.3, -0.25) is 14.9 Å². The van der Waals surface area contributed by atoms with Gasteiger partial charge in [-0.2, -0.15) is 0 Å². The SMILES string of the molecule is CCn1cc(C(=O)OCc2ccc([N+](=O)[O-])cc2)c(=O)c2ccc(C)nc21. The second-order valence-electron chi connectivity index (χ2n) is 5.98. The number of fused-ring (bicyclic) bond motifs is 1. The molecule has 8 heteroatoms. The van der Waals surface area contributed by atoms with Crippen molar-refractivity contribution in [2.75, 3.05) is 0 Å². The van der Waals surface area contributed by atoms with Gasteiger partial charge in [0.25, 0.3) is 5.69 Å². The van der Waals surface area contributed by atoms with E-state index in [0.29, 0.717) is 23.1 Å². The summed E-state index contributed by atoms with van der Waals surface area (Å²) in [6.45, 7) is 4.17. The van der Waals surface area contributed by atoms with E-state index in [1.54, 1.807) is 16.7 Å². The average Bonchev–Trinajstić information content (AvgIpc) is 2.66. The number of hydrogen-bond donors (Lipinski definition) is 0. The van der Waals surface area contributed by atoms with Crippen molar-refractivity contribution in [2.24, 2.45) is 0 Å². The summed E-state index contributed by atoms with van der Waals surface area (Å²) in [5.74, 6) is -0.747. The van der Waals surface area contributed by atoms with Gasteiger partial charge in [-0.15, -0.1) is 0 Å². The molecular weight excluding hydrogens is 350 g/mol. The summed E-state index contributed by atoms with van der Waals surface area (Å²) in [4.78, 5) is 39.6. The molecule has 3 rings (SSSR count). The molecule has 0 aliphatic rings. The monoisotopic (exact) mass is 367 g/mol. The van der Waals surface area contributed by atoms with Crippen LogP contribution in [0.4, 0.5) is 5.69 Å². The number of benzene rings is 1. The summed E-state index contributed by atoms with van der Waals surface area (Å²) in [5.41, 5.74) is 1.33. The molecule has 8 nitrogen and oxygen atoms in total. The van der Waals surface area contributed by atoms with Crippen molar-refractivity contribution in [3.63, 3.8) is 0 Å². The van der Waals surface area contributed by atoms with Crippen LogP contribution < -0.4 is 5.43 Å². The molecule has 0 aliphatic heterocycles. The Hall–Kier alpha value is -3.55. The van der Waals surface area contributed by atoms with Crippen molar-refractivity contribution in [1.29, 1.82) is 0 Å². The predicted octanol–water partition coefficient (Wildman–Crippen LogP) is 2.99. The van der Waals surface area contributed by atoms with Gasteiger partial charge in [-0.25, -0.2) is 9.78 Å². The summed E-state index contributed by atoms with van der Waals surface area (Å²) in [7, 11) is 0. The third kappa shape index (κ3) is 3.69. The Kier molecular flexibility index (Phi) is 4.98. The van der Waals surface area contributed by atoms with E-state index in [1.165, 1.54) is 30.5 Å². The molecule has 0 amide bonds. The highest BCUT2D eigenvalue weighted by atomic mass is 16.6. The normalized spacial score (nSPS) is 10.7. The van der Waals surface area contributed by atoms with Gasteiger partial charge in [0.05, 0.1) is 10.3 Å². The van der Waals surface area contributed by atoms with Crippen molar-refractivity contribution < 1.29 is 14.5 Å². The minimum Gasteiger partial charge on any atom is -0.457 e. The number of ether oxygens (including phenoxy) is 1. The van der Waals surface area contributed by atoms with Crippen LogP contribution in [0, 0.1) is 17.0 Å². The number of nitrogens with zero attached hydrogens (tertiary/aromatic N) is 3. The van der Waals surface area contributed by atoms with Gasteiger partial charge < -0.3 is 9.30 Å². The first-order chi connectivity index (χ1) is 12.9. The lowest BCUT2D eigenvalue weighted by molar-refractivity contribution is -0.384. The molecule has 0 saturated carbocycles. The summed E-state index contributed by atoms with van der Waals surface area (Å²) >= 11 is 0. The molecule has 0 bridgehead atoms. The van der Waals surface area contributed by atoms with Gasteiger partial charge in [0, 0.05) is 30.6 Å². The average molecular weight is 367 g/mol. The van der Waals surface area contributed by atoms with Crippen LogP contribution in [0.3, 0.4) is 0 Å². The molecule has 0 spiro atoms. The summed E-state index contributed by atoms with van der Waals surface area (Å²) in [6, 6.07) is 9.04. The lowest BCUT2D eigenvalue weighted by Crippen LogP contribution is -2.21. The van der Waals surface area contributed by atoms with E-state index in [9.17, 15) is 19.7 Å². The summed E-state index contributed by atoms with van der Waals surface area (Å²) in [6.07, 6.45) is 1.45. The van der Waals surface area contributed by atoms with Crippen LogP contribution in [0.25, 0.3) is 11.0 Å². The van der Waals surface area contributed by atoms with E-state index >= 15 is 0 Å². The molecule has 27 heavy (non-hydrogen) atoms. The van der Waals surface area contributed by atoms with E-state index in [-0.39, 0.29) is 17.9 Å². The lowest BCUT2D eigenvalue weighted by Gasteiger charge is -2.11. The van der Waals surface area contributed by atoms with Crippen molar-refractivity contribution in [3.05, 3.63) is 79.8 Å². The number of carbonyl (C=O) groups excluding carboxylic acids is 1. The van der Waals surface area contributed by atoms with Gasteiger partial charge in [-0.1, -0.05) is 0 Å². The maximum Gasteiger partial charge on any atom is 0.344 e. The van der Waals surface area contributed by atoms with E-state index in [1.807, 2.05) is 13.8 Å². The zero-order valence-corrected chi connectivity index (χ0v) is 14.8. The van der Waals surface area contributed by atoms with Crippen LogP contribution in [-0.4, -0.2) is 20.4 Å². The Balaban J connectivity index is 1.87. The standard InChI is InChI=1S/C19H17N3O5/c1-3-21-10-16(17(23)15-9-4-12(2)20-18(15)21)19(24)27-11-13-5-7-14(8-6-13)22(25)26/h4-10H,3,11H2,1-2H3. The highest BCUT2D eigenvalue weighted by molar-refractivity contribution is 5.93. The van der Waals surface area contributed by atoms with Crippen LogP contribution in [-0.2, 0) is 17.9 Å². The van der Waals surface area contributed by atoms with Crippen molar-refractivity contribution in [3.8, 4) is 0 Å². The minimum atomic E-state index is -0.747. The zero-order valence-electron chi connectivity index (χ0n) is 14.8. The number of aromatic nitrogens is 2. The molecule has 0 atom stereocenters. The molecule has 0 N–H and O–H groups in total. The fraction of sp³-hybridized carbons (Fsp3) is 0.211. The zero-order chi connectivity index (χ0) is 19.6. The van der Waals surface area contributed by atoms with E-state index in [2.05, 4.69) is 4.98 Å². The predicted molar refractivity (Wildman–Crippen MR) is 98.6 cm³/mol. The molecule has 0 radical (unpaired) electrons. The first-order valence-corrected chi connectivity index (χ1v) is 8.32. The van der Waals surface area contributed by atoms with E-state index < -0.39 is 16.3 Å². The Morgan fingerprint density at radius 1 is 1.22 bits per heavy atom. The number of aryl methyl sites for hydroxylation is 2. The minimum absolute atomic E-state index is 0.0479. The van der Waals surface area contributed by atoms with Crippen LogP contribution in [0.2, 0.25) is 0 Å². The Morgan fingerprint density at radius 2 is 1.93 bits per heavy atom. The molecule has 0 unspecified atom stereocenters. The second-order valence-corrected chi connectivity index (χ2v) is 5.98. The number of pyridine rings is 2. The molecule has 0 aliphatic carbocycles. The molecular formula is C19H17N3O5. The Bertz CT molecular complexity index is 1090. The smallest absolute Gasteiger partial charge is 0.344 e. The molecule has 2 heterocycles. The van der Waals surface area contributed by atoms with Crippen molar-refractivity contribution in [1.82, 2.24) is 9.55 Å². The topological polar surface area (TPSA) is 104 Å². The molecule has 138 valence electrons. The Morgan fingerprint density at radius 3 is 2.56 bits per heavy atom. The van der Waals surface area contributed by atoms with Crippen LogP contribution in [0.15, 0.2) is 47.4 Å². The van der Waals surface area contributed by atoms with Gasteiger partial charge >= 0.3 is 5.97 Å². The first-order valence-electron chi connectivity index (χ1n) is 8.32. The number of rotatable bonds is 5. The highest BCUT2D eigenvalue weighted by Gasteiger charge is 2.17. The number of hydrogen-bond acceptors (Lipinski definition) is 6. The summed E-state index contributed by atoms with van der Waals surface area (Å²) < 4.78 is 6.95. The second kappa shape index (κ2) is 7.36. The fourth-order valence-electron chi connectivity index (χ4n) is 2.69. The van der Waals surface area contributed by atoms with Gasteiger partial charge in [-0.05, 0) is 43.7 Å². The molecule has 1 aromatic carbocycles. The van der Waals surface area contributed by atoms with Crippen LogP contribution in [0.1, 0.15) is 28.5 Å². The van der Waals surface area contributed by atoms with Gasteiger partial charge in [0.2, 0.25) is 5.43 Å². The Labute approximate surface area is 154 Å². The third-order valence-electron chi connectivity index (χ3n) is 4.14. The van der Waals surface area contributed by atoms with E-state index in [0.717, 1.165) is 5.69 Å². The summed E-state index contributed by atoms with van der Waals surface area (Å²) in [5, 5.41) is 11.0. The first kappa shape index (κ1) is 18.2. The molecule has 0 saturated heterocycles. The number of esters is 1. The number of non-ortho nitro benzene ring substituents is 1. The molecule has 0 fully saturated rings. The fourth-order valence-corrected chi connectivity index (χ4v) is 2.69. The van der Waals surface area contributed by atoms with Gasteiger partial charge in [0.1, 0.15) is 17.8 Å². The number of nitro groups is 1. The van der Waals surface area contributed by atoms with Crippen molar-refractivity contribution in [2.45, 2.75) is 27.0 Å². The number of nitro benzene ring substituents is 1. The van der Waals surface area contributed by atoms with Crippen LogP contribution in [0.5, 0.6) is 0 Å². The third-order valence-corrected chi connectivity index (χ3v) is 4.14. The van der Waals surface area contributed by atoms with Crippen molar-refractivity contribution >= 4 is 22.7 Å².